The molecule has 0 fully saturated rings. The zero-order valence-electron chi connectivity index (χ0n) is 13.3. The fourth-order valence-corrected chi connectivity index (χ4v) is 3.03. The van der Waals surface area contributed by atoms with Gasteiger partial charge in [0, 0.05) is 0 Å². The second-order valence-corrected chi connectivity index (χ2v) is 8.43. The Labute approximate surface area is 127 Å². The lowest BCUT2D eigenvalue weighted by Crippen LogP contribution is -2.22. The first-order valence-corrected chi connectivity index (χ1v) is 8.25. The Morgan fingerprint density at radius 2 is 1.57 bits per heavy atom. The quantitative estimate of drug-likeness (QED) is 0.638. The number of nitrogens with zero attached hydrogens (tertiary/aromatic N) is 2. The summed E-state index contributed by atoms with van der Waals surface area (Å²) in [5.41, 5.74) is 2.00. The molecule has 0 amide bonds. The number of hydrogen-bond donors (Lipinski definition) is 1. The Balaban J connectivity index is 2.77. The highest BCUT2D eigenvalue weighted by atomic mass is 32.2. The molecular weight excluding hydrogens is 288 g/mol. The van der Waals surface area contributed by atoms with Crippen LogP contribution in [0.15, 0.2) is 33.9 Å². The molecule has 21 heavy (non-hydrogen) atoms. The van der Waals surface area contributed by atoms with Crippen LogP contribution in [0.5, 0.6) is 0 Å². The molecule has 0 unspecified atom stereocenters. The van der Waals surface area contributed by atoms with Crippen LogP contribution in [0.1, 0.15) is 46.6 Å². The summed E-state index contributed by atoms with van der Waals surface area (Å²) >= 11 is 0. The monoisotopic (exact) mass is 312 g/mol. The largest absolute Gasteiger partial charge is 0.396 e. The van der Waals surface area contributed by atoms with Crippen LogP contribution in [0.4, 0.5) is 5.69 Å². The van der Waals surface area contributed by atoms with Crippen molar-refractivity contribution in [1.29, 1.82) is 0 Å². The molecule has 118 valence electrons. The molecule has 0 aliphatic carbocycles. The van der Waals surface area contributed by atoms with E-state index in [1.807, 2.05) is 12.1 Å². The normalized spacial score (nSPS) is 13.8. The van der Waals surface area contributed by atoms with Crippen LogP contribution in [0.2, 0.25) is 0 Å². The Bertz CT molecular complexity index is 597. The second kappa shape index (κ2) is 6.23. The summed E-state index contributed by atoms with van der Waals surface area (Å²) in [5.74, 6) is 0. The van der Waals surface area contributed by atoms with E-state index < -0.39 is 10.3 Å². The summed E-state index contributed by atoms with van der Waals surface area (Å²) in [6, 6.07) is 7.19. The molecule has 6 heteroatoms. The van der Waals surface area contributed by atoms with Crippen LogP contribution in [-0.2, 0) is 16.7 Å². The van der Waals surface area contributed by atoms with Crippen molar-refractivity contribution in [3.05, 3.63) is 29.8 Å². The minimum atomic E-state index is -4.42. The van der Waals surface area contributed by atoms with E-state index in [2.05, 4.69) is 44.3 Å². The predicted octanol–water partition coefficient (Wildman–Crippen LogP) is 4.58. The van der Waals surface area contributed by atoms with Gasteiger partial charge in [-0.3, -0.25) is 4.55 Å². The summed E-state index contributed by atoms with van der Waals surface area (Å²) in [4.78, 5) is 0. The van der Waals surface area contributed by atoms with Crippen LogP contribution >= 0.6 is 0 Å². The molecule has 0 heterocycles. The van der Waals surface area contributed by atoms with Gasteiger partial charge in [0.25, 0.3) is 0 Å². The van der Waals surface area contributed by atoms with Gasteiger partial charge in [0.05, 0.1) is 5.69 Å². The highest BCUT2D eigenvalue weighted by molar-refractivity contribution is 7.84. The van der Waals surface area contributed by atoms with Crippen molar-refractivity contribution in [2.75, 3.05) is 0 Å². The van der Waals surface area contributed by atoms with Crippen LogP contribution in [0.3, 0.4) is 0 Å². The molecule has 0 aliphatic rings. The van der Waals surface area contributed by atoms with E-state index in [0.717, 1.165) is 18.4 Å². The first-order valence-electron chi connectivity index (χ1n) is 6.86. The van der Waals surface area contributed by atoms with Crippen molar-refractivity contribution in [3.8, 4) is 0 Å². The van der Waals surface area contributed by atoms with Crippen molar-refractivity contribution in [3.63, 3.8) is 0 Å². The molecule has 1 aromatic rings. The summed E-state index contributed by atoms with van der Waals surface area (Å²) < 4.78 is 32.3. The molecule has 0 atom stereocenters. The SMILES string of the molecule is CC(C)(C)CC(C)(C)Cc1ccc(N=NS(=O)(=O)O)cc1. The fourth-order valence-electron chi connectivity index (χ4n) is 2.83. The van der Waals surface area contributed by atoms with Gasteiger partial charge in [0.1, 0.15) is 0 Å². The maximum absolute atomic E-state index is 10.5. The third-order valence-electron chi connectivity index (χ3n) is 2.89. The molecule has 0 saturated carbocycles. The summed E-state index contributed by atoms with van der Waals surface area (Å²) in [5, 5.41) is 3.46. The molecule has 1 rings (SSSR count). The van der Waals surface area contributed by atoms with Gasteiger partial charge in [-0.05, 0) is 45.9 Å². The number of benzene rings is 1. The molecule has 0 aromatic heterocycles. The molecule has 0 spiro atoms. The molecule has 0 saturated heterocycles. The van der Waals surface area contributed by atoms with E-state index in [9.17, 15) is 8.42 Å². The van der Waals surface area contributed by atoms with Gasteiger partial charge in [0.2, 0.25) is 0 Å². The van der Waals surface area contributed by atoms with Crippen LogP contribution < -0.4 is 0 Å². The van der Waals surface area contributed by atoms with Crippen molar-refractivity contribution < 1.29 is 13.0 Å². The second-order valence-electron chi connectivity index (χ2n) is 7.37. The van der Waals surface area contributed by atoms with Gasteiger partial charge < -0.3 is 0 Å². The van der Waals surface area contributed by atoms with Crippen LogP contribution in [0.25, 0.3) is 0 Å². The summed E-state index contributed by atoms with van der Waals surface area (Å²) in [7, 11) is -4.42. The van der Waals surface area contributed by atoms with Gasteiger partial charge in [-0.2, -0.15) is 8.42 Å². The molecule has 0 radical (unpaired) electrons. The Morgan fingerprint density at radius 1 is 1.05 bits per heavy atom. The molecule has 1 N–H and O–H groups in total. The first-order chi connectivity index (χ1) is 9.36. The highest BCUT2D eigenvalue weighted by Crippen LogP contribution is 2.36. The van der Waals surface area contributed by atoms with Crippen LogP contribution in [-0.4, -0.2) is 13.0 Å². The van der Waals surface area contributed by atoms with E-state index in [0.29, 0.717) is 5.69 Å². The number of hydrogen-bond acceptors (Lipinski definition) is 3. The average molecular weight is 312 g/mol. The third-order valence-corrected chi connectivity index (χ3v) is 3.18. The number of rotatable bonds is 5. The average Bonchev–Trinajstić information content (AvgIpc) is 2.23. The van der Waals surface area contributed by atoms with Crippen molar-refractivity contribution in [2.45, 2.75) is 47.5 Å². The van der Waals surface area contributed by atoms with Crippen molar-refractivity contribution >= 4 is 16.0 Å². The summed E-state index contributed by atoms with van der Waals surface area (Å²) in [6.07, 6.45) is 2.03. The van der Waals surface area contributed by atoms with E-state index in [1.54, 1.807) is 12.1 Å². The Kier molecular flexibility index (Phi) is 5.28. The highest BCUT2D eigenvalue weighted by Gasteiger charge is 2.25. The van der Waals surface area contributed by atoms with Crippen LogP contribution in [0, 0.1) is 10.8 Å². The smallest absolute Gasteiger partial charge is 0.267 e. The Morgan fingerprint density at radius 3 is 2.00 bits per heavy atom. The third kappa shape index (κ3) is 7.92. The zero-order chi connectivity index (χ0) is 16.3. The fraction of sp³-hybridized carbons (Fsp3) is 0.600. The Hall–Kier alpha value is -1.27. The lowest BCUT2D eigenvalue weighted by molar-refractivity contribution is 0.211. The molecule has 1 aromatic carbocycles. The maximum atomic E-state index is 10.5. The molecule has 0 bridgehead atoms. The standard InChI is InChI=1S/C15H24N2O3S/c1-14(2,3)11-15(4,5)10-12-6-8-13(9-7-12)16-17-21(18,19)20/h6-9H,10-11H2,1-5H3,(H,18,19,20). The van der Waals surface area contributed by atoms with E-state index in [1.165, 1.54) is 0 Å². The van der Waals surface area contributed by atoms with Gasteiger partial charge in [0.15, 0.2) is 0 Å². The lowest BCUT2D eigenvalue weighted by atomic mass is 9.73. The van der Waals surface area contributed by atoms with Gasteiger partial charge in [-0.1, -0.05) is 46.8 Å². The molecule has 5 nitrogen and oxygen atoms in total. The zero-order valence-corrected chi connectivity index (χ0v) is 14.1. The maximum Gasteiger partial charge on any atom is 0.396 e. The van der Waals surface area contributed by atoms with E-state index in [-0.39, 0.29) is 10.8 Å². The molecule has 0 aliphatic heterocycles. The van der Waals surface area contributed by atoms with Gasteiger partial charge in [-0.25, -0.2) is 0 Å². The summed E-state index contributed by atoms with van der Waals surface area (Å²) in [6.45, 7) is 11.2. The topological polar surface area (TPSA) is 79.1 Å². The van der Waals surface area contributed by atoms with E-state index in [4.69, 9.17) is 4.55 Å². The van der Waals surface area contributed by atoms with Crippen molar-refractivity contribution in [1.82, 2.24) is 0 Å². The van der Waals surface area contributed by atoms with Gasteiger partial charge in [-0.15, -0.1) is 5.11 Å². The molecular formula is C15H24N2O3S. The first kappa shape index (κ1) is 17.8. The predicted molar refractivity (Wildman–Crippen MR) is 84.1 cm³/mol. The minimum Gasteiger partial charge on any atom is -0.267 e. The van der Waals surface area contributed by atoms with E-state index >= 15 is 0 Å². The lowest BCUT2D eigenvalue weighted by Gasteiger charge is -2.32. The van der Waals surface area contributed by atoms with Crippen molar-refractivity contribution in [2.24, 2.45) is 20.5 Å². The van der Waals surface area contributed by atoms with Gasteiger partial charge >= 0.3 is 10.3 Å². The minimum absolute atomic E-state index is 0.176.